The van der Waals surface area contributed by atoms with Gasteiger partial charge in [0.25, 0.3) is 0 Å². The van der Waals surface area contributed by atoms with Gasteiger partial charge in [0.2, 0.25) is 0 Å². The van der Waals surface area contributed by atoms with Crippen molar-refractivity contribution >= 4 is 5.97 Å². The summed E-state index contributed by atoms with van der Waals surface area (Å²) in [6, 6.07) is 3.30. The van der Waals surface area contributed by atoms with Crippen LogP contribution in [0.3, 0.4) is 0 Å². The van der Waals surface area contributed by atoms with Gasteiger partial charge in [-0.2, -0.15) is 0 Å². The zero-order valence-corrected chi connectivity index (χ0v) is 10.9. The standard InChI is InChI=1S/C13H14N2O4/c1-7-4-5-11(12(14-7)13(16)17)18-6-10-8(2)15-19-9(10)3/h4-5H,6H2,1-3H3,(H,16,17). The number of pyridine rings is 1. The maximum Gasteiger partial charge on any atom is 0.358 e. The van der Waals surface area contributed by atoms with Gasteiger partial charge < -0.3 is 14.4 Å². The molecule has 6 nitrogen and oxygen atoms in total. The number of carboxylic acids is 1. The van der Waals surface area contributed by atoms with Crippen molar-refractivity contribution < 1.29 is 19.2 Å². The number of carbonyl (C=O) groups is 1. The van der Waals surface area contributed by atoms with Gasteiger partial charge in [0.15, 0.2) is 11.4 Å². The summed E-state index contributed by atoms with van der Waals surface area (Å²) < 4.78 is 10.5. The highest BCUT2D eigenvalue weighted by Gasteiger charge is 2.15. The molecule has 0 saturated carbocycles. The van der Waals surface area contributed by atoms with E-state index in [0.717, 1.165) is 11.3 Å². The van der Waals surface area contributed by atoms with Crippen molar-refractivity contribution in [2.75, 3.05) is 0 Å². The number of aryl methyl sites for hydroxylation is 3. The van der Waals surface area contributed by atoms with Crippen molar-refractivity contribution in [3.63, 3.8) is 0 Å². The average molecular weight is 262 g/mol. The molecule has 0 unspecified atom stereocenters. The van der Waals surface area contributed by atoms with Crippen LogP contribution in [-0.2, 0) is 6.61 Å². The Morgan fingerprint density at radius 3 is 2.68 bits per heavy atom. The van der Waals surface area contributed by atoms with Crippen LogP contribution < -0.4 is 4.74 Å². The lowest BCUT2D eigenvalue weighted by Gasteiger charge is -2.08. The lowest BCUT2D eigenvalue weighted by molar-refractivity contribution is 0.0684. The SMILES string of the molecule is Cc1ccc(OCc2c(C)noc2C)c(C(=O)O)n1. The molecule has 0 aliphatic rings. The number of hydrogen-bond donors (Lipinski definition) is 1. The second-order valence-electron chi connectivity index (χ2n) is 4.20. The van der Waals surface area contributed by atoms with Crippen molar-refractivity contribution in [2.24, 2.45) is 0 Å². The van der Waals surface area contributed by atoms with Crippen molar-refractivity contribution in [1.82, 2.24) is 10.1 Å². The van der Waals surface area contributed by atoms with E-state index in [4.69, 9.17) is 14.4 Å². The minimum absolute atomic E-state index is 0.0910. The van der Waals surface area contributed by atoms with Crippen LogP contribution in [0.1, 0.15) is 33.2 Å². The molecular formula is C13H14N2O4. The minimum Gasteiger partial charge on any atom is -0.486 e. The number of rotatable bonds is 4. The first-order valence-electron chi connectivity index (χ1n) is 5.74. The molecule has 6 heteroatoms. The summed E-state index contributed by atoms with van der Waals surface area (Å²) in [5, 5.41) is 12.9. The van der Waals surface area contributed by atoms with Gasteiger partial charge in [-0.3, -0.25) is 0 Å². The van der Waals surface area contributed by atoms with Crippen molar-refractivity contribution in [3.8, 4) is 5.75 Å². The van der Waals surface area contributed by atoms with E-state index in [1.807, 2.05) is 0 Å². The number of hydrogen-bond acceptors (Lipinski definition) is 5. The molecule has 0 fully saturated rings. The van der Waals surface area contributed by atoms with E-state index < -0.39 is 5.97 Å². The molecular weight excluding hydrogens is 248 g/mol. The molecule has 2 rings (SSSR count). The predicted octanol–water partition coefficient (Wildman–Crippen LogP) is 2.27. The van der Waals surface area contributed by atoms with E-state index in [-0.39, 0.29) is 18.1 Å². The quantitative estimate of drug-likeness (QED) is 0.909. The summed E-state index contributed by atoms with van der Waals surface area (Å²) in [6.07, 6.45) is 0. The van der Waals surface area contributed by atoms with E-state index >= 15 is 0 Å². The number of carboxylic acid groups (broad SMARTS) is 1. The number of nitrogens with zero attached hydrogens (tertiary/aromatic N) is 2. The number of ether oxygens (including phenoxy) is 1. The Bertz CT molecular complexity index is 600. The number of aromatic carboxylic acids is 1. The Balaban J connectivity index is 2.23. The Labute approximate surface area is 110 Å². The topological polar surface area (TPSA) is 85.5 Å². The summed E-state index contributed by atoms with van der Waals surface area (Å²) >= 11 is 0. The van der Waals surface area contributed by atoms with Crippen LogP contribution in [0.2, 0.25) is 0 Å². The largest absolute Gasteiger partial charge is 0.486 e. The third-order valence-electron chi connectivity index (χ3n) is 2.75. The van der Waals surface area contributed by atoms with Gasteiger partial charge in [0.1, 0.15) is 12.4 Å². The first kappa shape index (κ1) is 13.1. The molecule has 2 aromatic rings. The Kier molecular flexibility index (Phi) is 3.50. The van der Waals surface area contributed by atoms with Gasteiger partial charge in [-0.05, 0) is 32.9 Å². The van der Waals surface area contributed by atoms with Crippen LogP contribution in [0.4, 0.5) is 0 Å². The summed E-state index contributed by atoms with van der Waals surface area (Å²) in [7, 11) is 0. The fraction of sp³-hybridized carbons (Fsp3) is 0.308. The first-order valence-corrected chi connectivity index (χ1v) is 5.74. The maximum absolute atomic E-state index is 11.1. The van der Waals surface area contributed by atoms with Crippen LogP contribution in [-0.4, -0.2) is 21.2 Å². The molecule has 100 valence electrons. The van der Waals surface area contributed by atoms with Gasteiger partial charge in [-0.25, -0.2) is 9.78 Å². The fourth-order valence-corrected chi connectivity index (χ4v) is 1.67. The monoisotopic (exact) mass is 262 g/mol. The second kappa shape index (κ2) is 5.09. The number of aromatic nitrogens is 2. The van der Waals surface area contributed by atoms with Crippen LogP contribution in [0.5, 0.6) is 5.75 Å². The lowest BCUT2D eigenvalue weighted by atomic mass is 10.2. The Morgan fingerprint density at radius 2 is 2.11 bits per heavy atom. The van der Waals surface area contributed by atoms with Crippen LogP contribution in [0, 0.1) is 20.8 Å². The zero-order valence-electron chi connectivity index (χ0n) is 10.9. The van der Waals surface area contributed by atoms with Crippen LogP contribution in [0.15, 0.2) is 16.7 Å². The lowest BCUT2D eigenvalue weighted by Crippen LogP contribution is -2.07. The van der Waals surface area contributed by atoms with Gasteiger partial charge >= 0.3 is 5.97 Å². The maximum atomic E-state index is 11.1. The predicted molar refractivity (Wildman–Crippen MR) is 66.2 cm³/mol. The summed E-state index contributed by atoms with van der Waals surface area (Å²) in [5.41, 5.74) is 2.08. The average Bonchev–Trinajstić information content (AvgIpc) is 2.68. The summed E-state index contributed by atoms with van der Waals surface area (Å²) in [5.74, 6) is -0.218. The zero-order chi connectivity index (χ0) is 14.0. The minimum atomic E-state index is -1.11. The van der Waals surface area contributed by atoms with Gasteiger partial charge in [0, 0.05) is 5.69 Å². The summed E-state index contributed by atoms with van der Waals surface area (Å²) in [4.78, 5) is 15.0. The van der Waals surface area contributed by atoms with Gasteiger partial charge in [-0.1, -0.05) is 5.16 Å². The van der Waals surface area contributed by atoms with E-state index in [1.165, 1.54) is 0 Å². The van der Waals surface area contributed by atoms with Crippen molar-refractivity contribution in [1.29, 1.82) is 0 Å². The molecule has 2 aromatic heterocycles. The fourth-order valence-electron chi connectivity index (χ4n) is 1.67. The molecule has 0 spiro atoms. The van der Waals surface area contributed by atoms with E-state index in [1.54, 1.807) is 32.9 Å². The second-order valence-corrected chi connectivity index (χ2v) is 4.20. The van der Waals surface area contributed by atoms with Crippen molar-refractivity contribution in [2.45, 2.75) is 27.4 Å². The highest BCUT2D eigenvalue weighted by molar-refractivity contribution is 5.88. The molecule has 0 saturated heterocycles. The molecule has 0 bridgehead atoms. The molecule has 0 atom stereocenters. The van der Waals surface area contributed by atoms with Gasteiger partial charge in [-0.15, -0.1) is 0 Å². The smallest absolute Gasteiger partial charge is 0.358 e. The molecule has 0 aliphatic heterocycles. The van der Waals surface area contributed by atoms with Gasteiger partial charge in [0.05, 0.1) is 11.3 Å². The summed E-state index contributed by atoms with van der Waals surface area (Å²) in [6.45, 7) is 5.52. The molecule has 0 radical (unpaired) electrons. The molecule has 2 heterocycles. The Morgan fingerprint density at radius 1 is 1.37 bits per heavy atom. The van der Waals surface area contributed by atoms with Crippen LogP contribution in [0.25, 0.3) is 0 Å². The normalized spacial score (nSPS) is 10.5. The molecule has 1 N–H and O–H groups in total. The molecule has 0 aliphatic carbocycles. The van der Waals surface area contributed by atoms with Crippen LogP contribution >= 0.6 is 0 Å². The highest BCUT2D eigenvalue weighted by Crippen LogP contribution is 2.20. The third kappa shape index (κ3) is 2.73. The van der Waals surface area contributed by atoms with E-state index in [9.17, 15) is 4.79 Å². The van der Waals surface area contributed by atoms with E-state index in [0.29, 0.717) is 11.5 Å². The Hall–Kier alpha value is -2.37. The molecule has 19 heavy (non-hydrogen) atoms. The van der Waals surface area contributed by atoms with Crippen molar-refractivity contribution in [3.05, 3.63) is 40.5 Å². The third-order valence-corrected chi connectivity index (χ3v) is 2.75. The van der Waals surface area contributed by atoms with E-state index in [2.05, 4.69) is 10.1 Å². The first-order chi connectivity index (χ1) is 8.99. The molecule has 0 aromatic carbocycles. The highest BCUT2D eigenvalue weighted by atomic mass is 16.5. The molecule has 0 amide bonds.